The highest BCUT2D eigenvalue weighted by atomic mass is 32.2. The van der Waals surface area contributed by atoms with E-state index in [4.69, 9.17) is 13.7 Å². The maximum absolute atomic E-state index is 12.1. The predicted molar refractivity (Wildman–Crippen MR) is 84.1 cm³/mol. The first-order valence-corrected chi connectivity index (χ1v) is 8.52. The van der Waals surface area contributed by atoms with Crippen molar-refractivity contribution in [2.45, 2.75) is 24.7 Å². The standard InChI is InChI=1S/C15H25NO5S/c1-13(2)14-5-7-15(8-6-14)22(17,18)21-11-16(3)9-10-20-12-19-4/h5-8,13H,9-12H2,1-4H3. The van der Waals surface area contributed by atoms with Crippen LogP contribution in [-0.2, 0) is 23.8 Å². The lowest BCUT2D eigenvalue weighted by Gasteiger charge is -2.16. The van der Waals surface area contributed by atoms with Crippen molar-refractivity contribution in [1.82, 2.24) is 4.90 Å². The van der Waals surface area contributed by atoms with E-state index >= 15 is 0 Å². The van der Waals surface area contributed by atoms with Gasteiger partial charge >= 0.3 is 0 Å². The Kier molecular flexibility index (Phi) is 7.98. The van der Waals surface area contributed by atoms with Crippen molar-refractivity contribution in [3.8, 4) is 0 Å². The van der Waals surface area contributed by atoms with Gasteiger partial charge in [0.25, 0.3) is 10.1 Å². The third-order valence-corrected chi connectivity index (χ3v) is 4.35. The van der Waals surface area contributed by atoms with Crippen LogP contribution in [0.25, 0.3) is 0 Å². The number of methoxy groups -OCH3 is 1. The van der Waals surface area contributed by atoms with Gasteiger partial charge in [-0.2, -0.15) is 8.42 Å². The van der Waals surface area contributed by atoms with Gasteiger partial charge in [0.1, 0.15) is 13.5 Å². The van der Waals surface area contributed by atoms with Crippen molar-refractivity contribution in [2.24, 2.45) is 0 Å². The lowest BCUT2D eigenvalue weighted by molar-refractivity contribution is -0.0383. The fourth-order valence-corrected chi connectivity index (χ4v) is 2.60. The van der Waals surface area contributed by atoms with Crippen LogP contribution >= 0.6 is 0 Å². The molecule has 0 heterocycles. The van der Waals surface area contributed by atoms with Crippen molar-refractivity contribution in [3.05, 3.63) is 29.8 Å². The second-order valence-corrected chi connectivity index (χ2v) is 6.93. The summed E-state index contributed by atoms with van der Waals surface area (Å²) in [7, 11) is -0.437. The maximum Gasteiger partial charge on any atom is 0.298 e. The number of hydrogen-bond donors (Lipinski definition) is 0. The topological polar surface area (TPSA) is 65.1 Å². The molecule has 1 aromatic carbocycles. The molecule has 0 aromatic heterocycles. The van der Waals surface area contributed by atoms with Gasteiger partial charge in [-0.15, -0.1) is 0 Å². The summed E-state index contributed by atoms with van der Waals surface area (Å²) in [6.45, 7) is 5.29. The first kappa shape index (κ1) is 19.1. The van der Waals surface area contributed by atoms with E-state index in [9.17, 15) is 8.42 Å². The Balaban J connectivity index is 2.49. The second-order valence-electron chi connectivity index (χ2n) is 5.32. The van der Waals surface area contributed by atoms with E-state index in [2.05, 4.69) is 13.8 Å². The molecule has 6 nitrogen and oxygen atoms in total. The SMILES string of the molecule is COCOCCN(C)COS(=O)(=O)c1ccc(C(C)C)cc1. The van der Waals surface area contributed by atoms with Crippen molar-refractivity contribution >= 4 is 10.1 Å². The minimum absolute atomic E-state index is 0.0232. The Labute approximate surface area is 133 Å². The Hall–Kier alpha value is -0.990. The maximum atomic E-state index is 12.1. The minimum Gasteiger partial charge on any atom is -0.359 e. The third-order valence-electron chi connectivity index (χ3n) is 3.08. The van der Waals surface area contributed by atoms with E-state index in [1.165, 1.54) is 0 Å². The molecule has 22 heavy (non-hydrogen) atoms. The van der Waals surface area contributed by atoms with Gasteiger partial charge in [-0.1, -0.05) is 26.0 Å². The Bertz CT molecular complexity index is 527. The molecule has 0 atom stereocenters. The van der Waals surface area contributed by atoms with Crippen molar-refractivity contribution in [3.63, 3.8) is 0 Å². The molecule has 0 radical (unpaired) electrons. The summed E-state index contributed by atoms with van der Waals surface area (Å²) in [6.07, 6.45) is 0. The van der Waals surface area contributed by atoms with E-state index in [0.29, 0.717) is 19.1 Å². The smallest absolute Gasteiger partial charge is 0.298 e. The van der Waals surface area contributed by atoms with Crippen molar-refractivity contribution in [2.75, 3.05) is 40.8 Å². The largest absolute Gasteiger partial charge is 0.359 e. The number of rotatable bonds is 10. The summed E-state index contributed by atoms with van der Waals surface area (Å²) in [5.41, 5.74) is 1.09. The summed E-state index contributed by atoms with van der Waals surface area (Å²) in [6, 6.07) is 6.77. The summed E-state index contributed by atoms with van der Waals surface area (Å²) >= 11 is 0. The normalized spacial score (nSPS) is 12.3. The number of hydrogen-bond acceptors (Lipinski definition) is 6. The molecule has 126 valence electrons. The molecule has 0 saturated carbocycles. The van der Waals surface area contributed by atoms with Gasteiger partial charge in [-0.05, 0) is 30.7 Å². The predicted octanol–water partition coefficient (Wildman–Crippen LogP) is 2.03. The van der Waals surface area contributed by atoms with Gasteiger partial charge in [0.2, 0.25) is 0 Å². The average Bonchev–Trinajstić information content (AvgIpc) is 2.50. The van der Waals surface area contributed by atoms with Crippen LogP contribution in [0.3, 0.4) is 0 Å². The molecule has 0 aliphatic carbocycles. The molecule has 0 aliphatic heterocycles. The van der Waals surface area contributed by atoms with E-state index in [0.717, 1.165) is 5.56 Å². The molecule has 7 heteroatoms. The molecule has 0 saturated heterocycles. The fraction of sp³-hybridized carbons (Fsp3) is 0.600. The number of nitrogens with zero attached hydrogens (tertiary/aromatic N) is 1. The first-order chi connectivity index (χ1) is 10.4. The van der Waals surface area contributed by atoms with Gasteiger partial charge in [0.05, 0.1) is 11.5 Å². The molecule has 0 unspecified atom stereocenters. The summed E-state index contributed by atoms with van der Waals surface area (Å²) < 4.78 is 39.1. The fourth-order valence-electron chi connectivity index (χ4n) is 1.67. The average molecular weight is 331 g/mol. The highest BCUT2D eigenvalue weighted by Gasteiger charge is 2.16. The molecule has 0 spiro atoms. The van der Waals surface area contributed by atoms with Crippen LogP contribution in [0, 0.1) is 0 Å². The van der Waals surface area contributed by atoms with Crippen LogP contribution in [0.4, 0.5) is 0 Å². The first-order valence-electron chi connectivity index (χ1n) is 7.11. The van der Waals surface area contributed by atoms with Crippen LogP contribution in [0.15, 0.2) is 29.2 Å². The van der Waals surface area contributed by atoms with Crippen LogP contribution in [0.2, 0.25) is 0 Å². The molecule has 1 aromatic rings. The summed E-state index contributed by atoms with van der Waals surface area (Å²) in [5, 5.41) is 0. The van der Waals surface area contributed by atoms with E-state index < -0.39 is 10.1 Å². The monoisotopic (exact) mass is 331 g/mol. The summed E-state index contributed by atoms with van der Waals surface area (Å²) in [4.78, 5) is 1.89. The number of likely N-dealkylation sites (N-methyl/N-ethyl adjacent to an activating group) is 1. The zero-order chi connectivity index (χ0) is 16.6. The quantitative estimate of drug-likeness (QED) is 0.371. The van der Waals surface area contributed by atoms with E-state index in [-0.39, 0.29) is 18.4 Å². The second kappa shape index (κ2) is 9.22. The van der Waals surface area contributed by atoms with Crippen LogP contribution < -0.4 is 0 Å². The Morgan fingerprint density at radius 1 is 1.18 bits per heavy atom. The molecule has 0 aliphatic rings. The highest BCUT2D eigenvalue weighted by molar-refractivity contribution is 7.86. The van der Waals surface area contributed by atoms with E-state index in [1.54, 1.807) is 31.2 Å². The molecule has 1 rings (SSSR count). The van der Waals surface area contributed by atoms with Crippen LogP contribution in [0.1, 0.15) is 25.3 Å². The number of ether oxygens (including phenoxy) is 2. The third kappa shape index (κ3) is 6.41. The lowest BCUT2D eigenvalue weighted by atomic mass is 10.0. The molecular formula is C15H25NO5S. The van der Waals surface area contributed by atoms with E-state index in [1.807, 2.05) is 12.1 Å². The van der Waals surface area contributed by atoms with Crippen LogP contribution in [0.5, 0.6) is 0 Å². The van der Waals surface area contributed by atoms with Crippen LogP contribution in [-0.4, -0.2) is 54.2 Å². The molecular weight excluding hydrogens is 306 g/mol. The number of benzene rings is 1. The van der Waals surface area contributed by atoms with Gasteiger partial charge < -0.3 is 9.47 Å². The van der Waals surface area contributed by atoms with Gasteiger partial charge in [0, 0.05) is 13.7 Å². The zero-order valence-corrected chi connectivity index (χ0v) is 14.4. The molecule has 0 fully saturated rings. The van der Waals surface area contributed by atoms with Gasteiger partial charge in [0.15, 0.2) is 0 Å². The minimum atomic E-state index is -3.74. The molecule has 0 amide bonds. The van der Waals surface area contributed by atoms with Crippen molar-refractivity contribution in [1.29, 1.82) is 0 Å². The van der Waals surface area contributed by atoms with Gasteiger partial charge in [-0.25, -0.2) is 0 Å². The lowest BCUT2D eigenvalue weighted by Crippen LogP contribution is -2.27. The van der Waals surface area contributed by atoms with Crippen molar-refractivity contribution < 1.29 is 22.1 Å². The Morgan fingerprint density at radius 2 is 1.82 bits per heavy atom. The molecule has 0 N–H and O–H groups in total. The Morgan fingerprint density at radius 3 is 2.36 bits per heavy atom. The van der Waals surface area contributed by atoms with Gasteiger partial charge in [-0.3, -0.25) is 9.08 Å². The summed E-state index contributed by atoms with van der Waals surface area (Å²) in [5.74, 6) is 0.357. The highest BCUT2D eigenvalue weighted by Crippen LogP contribution is 2.18. The zero-order valence-electron chi connectivity index (χ0n) is 13.6. The molecule has 0 bridgehead atoms.